The zero-order valence-corrected chi connectivity index (χ0v) is 11.4. The van der Waals surface area contributed by atoms with Crippen LogP contribution in [0.25, 0.3) is 0 Å². The van der Waals surface area contributed by atoms with Crippen LogP contribution in [0, 0.1) is 5.92 Å². The van der Waals surface area contributed by atoms with Gasteiger partial charge in [-0.25, -0.2) is 0 Å². The third kappa shape index (κ3) is 6.42. The largest absolute Gasteiger partial charge is 0.490 e. The third-order valence-corrected chi connectivity index (χ3v) is 2.86. The molecule has 1 aromatic rings. The van der Waals surface area contributed by atoms with Crippen molar-refractivity contribution in [3.8, 4) is 5.75 Å². The van der Waals surface area contributed by atoms with Gasteiger partial charge in [0.2, 0.25) is 11.8 Å². The Balaban J connectivity index is 2.92. The van der Waals surface area contributed by atoms with E-state index in [1.165, 1.54) is 0 Å². The smallest absolute Gasteiger partial charge is 0.303 e. The summed E-state index contributed by atoms with van der Waals surface area (Å²) in [6.07, 6.45) is -1.56. The number of carboxylic acid groups (broad SMARTS) is 1. The number of nitrogens with two attached hydrogens (primary N) is 2. The molecular weight excluding hydrogens is 276 g/mol. The van der Waals surface area contributed by atoms with Gasteiger partial charge >= 0.3 is 5.97 Å². The molecular formula is C14H18N2O5. The van der Waals surface area contributed by atoms with Crippen molar-refractivity contribution >= 4 is 17.8 Å². The maximum atomic E-state index is 11.2. The summed E-state index contributed by atoms with van der Waals surface area (Å²) in [6.45, 7) is 0. The number of carbonyl (C=O) groups excluding carboxylic acids is 2. The van der Waals surface area contributed by atoms with E-state index in [9.17, 15) is 14.4 Å². The molecule has 0 aliphatic heterocycles. The van der Waals surface area contributed by atoms with E-state index < -0.39 is 29.8 Å². The van der Waals surface area contributed by atoms with Crippen molar-refractivity contribution in [2.24, 2.45) is 17.4 Å². The highest BCUT2D eigenvalue weighted by atomic mass is 16.5. The number of ether oxygens (including phenoxy) is 1. The molecule has 5 N–H and O–H groups in total. The summed E-state index contributed by atoms with van der Waals surface area (Å²) >= 11 is 0. The van der Waals surface area contributed by atoms with Crippen molar-refractivity contribution in [1.82, 2.24) is 0 Å². The number of aliphatic carboxylic acids is 1. The van der Waals surface area contributed by atoms with Crippen molar-refractivity contribution in [2.45, 2.75) is 25.4 Å². The number of amides is 2. The van der Waals surface area contributed by atoms with Gasteiger partial charge in [-0.2, -0.15) is 0 Å². The van der Waals surface area contributed by atoms with Gasteiger partial charge < -0.3 is 21.3 Å². The van der Waals surface area contributed by atoms with Crippen LogP contribution in [0.15, 0.2) is 30.3 Å². The van der Waals surface area contributed by atoms with Crippen molar-refractivity contribution in [1.29, 1.82) is 0 Å². The average molecular weight is 294 g/mol. The lowest BCUT2D eigenvalue weighted by Crippen LogP contribution is -2.36. The molecule has 114 valence electrons. The Bertz CT molecular complexity index is 487. The zero-order chi connectivity index (χ0) is 15.8. The summed E-state index contributed by atoms with van der Waals surface area (Å²) in [7, 11) is 0. The molecule has 0 saturated carbocycles. The first-order valence-electron chi connectivity index (χ1n) is 6.38. The van der Waals surface area contributed by atoms with E-state index in [0.717, 1.165) is 0 Å². The molecule has 0 aliphatic rings. The summed E-state index contributed by atoms with van der Waals surface area (Å²) in [5, 5.41) is 8.92. The SMILES string of the molecule is NC(=O)C[C@H](CC(=O)O)[C@@H](CC(N)=O)Oc1ccccc1. The minimum Gasteiger partial charge on any atom is -0.490 e. The molecule has 0 saturated heterocycles. The van der Waals surface area contributed by atoms with Crippen LogP contribution >= 0.6 is 0 Å². The van der Waals surface area contributed by atoms with E-state index in [2.05, 4.69) is 0 Å². The fourth-order valence-corrected chi connectivity index (χ4v) is 1.99. The normalized spacial score (nSPS) is 13.1. The highest BCUT2D eigenvalue weighted by Gasteiger charge is 2.29. The van der Waals surface area contributed by atoms with E-state index >= 15 is 0 Å². The van der Waals surface area contributed by atoms with E-state index in [4.69, 9.17) is 21.3 Å². The molecule has 0 radical (unpaired) electrons. The van der Waals surface area contributed by atoms with Crippen molar-refractivity contribution in [3.63, 3.8) is 0 Å². The maximum absolute atomic E-state index is 11.2. The molecule has 0 heterocycles. The lowest BCUT2D eigenvalue weighted by atomic mass is 9.92. The molecule has 7 heteroatoms. The molecule has 0 unspecified atom stereocenters. The van der Waals surface area contributed by atoms with Crippen molar-refractivity contribution in [3.05, 3.63) is 30.3 Å². The lowest BCUT2D eigenvalue weighted by molar-refractivity contribution is -0.140. The summed E-state index contributed by atoms with van der Waals surface area (Å²) in [5.41, 5.74) is 10.3. The van der Waals surface area contributed by atoms with Gasteiger partial charge in [0.25, 0.3) is 0 Å². The van der Waals surface area contributed by atoms with Gasteiger partial charge in [0.1, 0.15) is 11.9 Å². The molecule has 21 heavy (non-hydrogen) atoms. The number of carboxylic acids is 1. The van der Waals surface area contributed by atoms with Crippen LogP contribution in [0.2, 0.25) is 0 Å². The summed E-state index contributed by atoms with van der Waals surface area (Å²) in [4.78, 5) is 33.2. The fraction of sp³-hybridized carbons (Fsp3) is 0.357. The Morgan fingerprint density at radius 1 is 1.00 bits per heavy atom. The van der Waals surface area contributed by atoms with Crippen molar-refractivity contribution < 1.29 is 24.2 Å². The first-order valence-corrected chi connectivity index (χ1v) is 6.38. The lowest BCUT2D eigenvalue weighted by Gasteiger charge is -2.25. The molecule has 2 amide bonds. The monoisotopic (exact) mass is 294 g/mol. The Kier molecular flexibility index (Phi) is 6.19. The standard InChI is InChI=1S/C14H18N2O5/c15-12(17)6-9(7-14(19)20)11(8-13(16)18)21-10-4-2-1-3-5-10/h1-5,9,11H,6-8H2,(H2,15,17)(H2,16,18)(H,19,20)/t9-,11-/m1/s1. The van der Waals surface area contributed by atoms with Crippen LogP contribution in [0.5, 0.6) is 5.75 Å². The minimum absolute atomic E-state index is 0.194. The van der Waals surface area contributed by atoms with Crippen LogP contribution in [-0.4, -0.2) is 29.0 Å². The summed E-state index contributed by atoms with van der Waals surface area (Å²) in [6, 6.07) is 8.58. The second-order valence-corrected chi connectivity index (χ2v) is 4.67. The van der Waals surface area contributed by atoms with Gasteiger partial charge in [0, 0.05) is 12.3 Å². The molecule has 0 aromatic heterocycles. The predicted octanol–water partition coefficient (Wildman–Crippen LogP) is 0.276. The summed E-state index contributed by atoms with van der Waals surface area (Å²) in [5.74, 6) is -2.67. The molecule has 0 spiro atoms. The topological polar surface area (TPSA) is 133 Å². The Labute approximate surface area is 121 Å². The molecule has 0 bridgehead atoms. The minimum atomic E-state index is -1.10. The number of hydrogen-bond acceptors (Lipinski definition) is 4. The van der Waals surface area contributed by atoms with Crippen LogP contribution in [-0.2, 0) is 14.4 Å². The van der Waals surface area contributed by atoms with E-state index in [-0.39, 0.29) is 19.3 Å². The van der Waals surface area contributed by atoms with Gasteiger partial charge in [0.15, 0.2) is 0 Å². The number of hydrogen-bond donors (Lipinski definition) is 3. The predicted molar refractivity (Wildman–Crippen MR) is 74.2 cm³/mol. The van der Waals surface area contributed by atoms with Gasteiger partial charge in [-0.05, 0) is 12.1 Å². The van der Waals surface area contributed by atoms with E-state index in [1.807, 2.05) is 0 Å². The van der Waals surface area contributed by atoms with Gasteiger partial charge in [-0.1, -0.05) is 18.2 Å². The first-order chi connectivity index (χ1) is 9.88. The zero-order valence-electron chi connectivity index (χ0n) is 11.4. The number of rotatable bonds is 9. The third-order valence-electron chi connectivity index (χ3n) is 2.86. The Morgan fingerprint density at radius 3 is 2.05 bits per heavy atom. The van der Waals surface area contributed by atoms with E-state index in [1.54, 1.807) is 30.3 Å². The van der Waals surface area contributed by atoms with Crippen LogP contribution in [0.4, 0.5) is 0 Å². The number of primary amides is 2. The number of para-hydroxylation sites is 1. The highest BCUT2D eigenvalue weighted by molar-refractivity contribution is 5.77. The maximum Gasteiger partial charge on any atom is 0.303 e. The van der Waals surface area contributed by atoms with Gasteiger partial charge in [0.05, 0.1) is 12.8 Å². The second kappa shape index (κ2) is 7.88. The molecule has 1 rings (SSSR count). The quantitative estimate of drug-likeness (QED) is 0.601. The fourth-order valence-electron chi connectivity index (χ4n) is 1.99. The van der Waals surface area contributed by atoms with Crippen LogP contribution in [0.1, 0.15) is 19.3 Å². The van der Waals surface area contributed by atoms with Gasteiger partial charge in [-0.15, -0.1) is 0 Å². The van der Waals surface area contributed by atoms with Crippen LogP contribution < -0.4 is 16.2 Å². The molecule has 1 aromatic carbocycles. The van der Waals surface area contributed by atoms with E-state index in [0.29, 0.717) is 5.75 Å². The number of carbonyl (C=O) groups is 3. The van der Waals surface area contributed by atoms with Crippen LogP contribution in [0.3, 0.4) is 0 Å². The average Bonchev–Trinajstić information content (AvgIpc) is 2.36. The molecule has 0 aliphatic carbocycles. The molecule has 2 atom stereocenters. The Hall–Kier alpha value is -2.57. The van der Waals surface area contributed by atoms with Gasteiger partial charge in [-0.3, -0.25) is 14.4 Å². The second-order valence-electron chi connectivity index (χ2n) is 4.67. The molecule has 7 nitrogen and oxygen atoms in total. The summed E-state index contributed by atoms with van der Waals surface area (Å²) < 4.78 is 5.62. The molecule has 0 fully saturated rings. The number of benzene rings is 1. The Morgan fingerprint density at radius 2 is 1.57 bits per heavy atom. The highest BCUT2D eigenvalue weighted by Crippen LogP contribution is 2.23. The van der Waals surface area contributed by atoms with Crippen molar-refractivity contribution in [2.75, 3.05) is 0 Å². The first kappa shape index (κ1) is 16.5.